The van der Waals surface area contributed by atoms with Crippen LogP contribution in [0.15, 0.2) is 12.1 Å². The molecule has 2 aromatic heterocycles. The van der Waals surface area contributed by atoms with Crippen molar-refractivity contribution in [2.45, 2.75) is 33.2 Å². The van der Waals surface area contributed by atoms with Gasteiger partial charge < -0.3 is 14.7 Å². The minimum absolute atomic E-state index is 0.426. The van der Waals surface area contributed by atoms with Crippen LogP contribution in [-0.2, 0) is 13.0 Å². The minimum atomic E-state index is -1.85. The molecule has 1 aliphatic rings. The fraction of sp³-hybridized carbons (Fsp3) is 0.385. The van der Waals surface area contributed by atoms with Gasteiger partial charge in [-0.1, -0.05) is 0 Å². The van der Waals surface area contributed by atoms with Gasteiger partial charge in [0.1, 0.15) is 0 Å². The molecule has 0 aromatic carbocycles. The molecule has 1 aliphatic heterocycles. The van der Waals surface area contributed by atoms with E-state index in [2.05, 4.69) is 10.1 Å². The van der Waals surface area contributed by atoms with Crippen LogP contribution in [0.1, 0.15) is 23.4 Å². The molecule has 3 heterocycles. The minimum Gasteiger partial charge on any atom is -0.509 e. The summed E-state index contributed by atoms with van der Waals surface area (Å²) in [6.45, 7) is 4.73. The lowest BCUT2D eigenvalue weighted by Gasteiger charge is -2.07. The Kier molecular flexibility index (Phi) is 3.23. The lowest BCUT2D eigenvalue weighted by atomic mass is 10.1. The monoisotopic (exact) mass is 273 g/mol. The Labute approximate surface area is 117 Å². The smallest absolute Gasteiger partial charge is 0.509 e. The predicted octanol–water partition coefficient (Wildman–Crippen LogP) is 0.856. The number of aryl methyl sites for hydroxylation is 3. The van der Waals surface area contributed by atoms with E-state index >= 15 is 0 Å². The second kappa shape index (κ2) is 4.92. The molecule has 104 valence electrons. The van der Waals surface area contributed by atoms with Gasteiger partial charge in [0.15, 0.2) is 11.4 Å². The Morgan fingerprint density at radius 2 is 2.10 bits per heavy atom. The van der Waals surface area contributed by atoms with Crippen molar-refractivity contribution in [2.24, 2.45) is 0 Å². The van der Waals surface area contributed by atoms with E-state index in [0.717, 1.165) is 36.3 Å². The number of fused-ring (bicyclic) bond motifs is 1. The topological polar surface area (TPSA) is 80.4 Å². The molecule has 20 heavy (non-hydrogen) atoms. The number of nitrogens with zero attached hydrogens (tertiary/aromatic N) is 3. The molecular weight excluding hydrogens is 257 g/mol. The van der Waals surface area contributed by atoms with Gasteiger partial charge in [0.05, 0.1) is 11.4 Å². The Morgan fingerprint density at radius 3 is 2.80 bits per heavy atom. The first-order valence-corrected chi connectivity index (χ1v) is 6.63. The molecule has 0 atom stereocenters. The van der Waals surface area contributed by atoms with E-state index in [4.69, 9.17) is 14.7 Å². The molecule has 3 rings (SSSR count). The van der Waals surface area contributed by atoms with Gasteiger partial charge in [-0.15, -0.1) is 0 Å². The van der Waals surface area contributed by atoms with Gasteiger partial charge >= 0.3 is 7.32 Å². The Hall–Kier alpha value is -1.86. The molecule has 7 heteroatoms. The molecule has 0 spiro atoms. The van der Waals surface area contributed by atoms with Crippen LogP contribution in [0, 0.1) is 13.8 Å². The van der Waals surface area contributed by atoms with Crippen LogP contribution in [0.5, 0.6) is 5.75 Å². The van der Waals surface area contributed by atoms with Crippen LogP contribution in [0.4, 0.5) is 0 Å². The predicted molar refractivity (Wildman–Crippen MR) is 74.1 cm³/mol. The van der Waals surface area contributed by atoms with Crippen molar-refractivity contribution in [3.05, 3.63) is 29.1 Å². The quantitative estimate of drug-likeness (QED) is 0.810. The molecule has 6 nitrogen and oxygen atoms in total. The van der Waals surface area contributed by atoms with Crippen molar-refractivity contribution in [3.63, 3.8) is 0 Å². The maximum atomic E-state index is 9.11. The second-order valence-corrected chi connectivity index (χ2v) is 5.07. The van der Waals surface area contributed by atoms with E-state index in [1.54, 1.807) is 0 Å². The van der Waals surface area contributed by atoms with Gasteiger partial charge in [0, 0.05) is 12.2 Å². The van der Waals surface area contributed by atoms with Crippen LogP contribution >= 0.6 is 0 Å². The maximum absolute atomic E-state index is 9.11. The van der Waals surface area contributed by atoms with E-state index in [0.29, 0.717) is 17.1 Å². The summed E-state index contributed by atoms with van der Waals surface area (Å²) < 4.78 is 7.00. The molecule has 0 bridgehead atoms. The number of hydrogen-bond donors (Lipinski definition) is 2. The zero-order valence-corrected chi connectivity index (χ0v) is 11.5. The summed E-state index contributed by atoms with van der Waals surface area (Å²) in [7, 11) is -1.85. The highest BCUT2D eigenvalue weighted by atomic mass is 16.6. The van der Waals surface area contributed by atoms with Crippen LogP contribution in [0.25, 0.3) is 11.4 Å². The van der Waals surface area contributed by atoms with Gasteiger partial charge in [-0.2, -0.15) is 5.10 Å². The van der Waals surface area contributed by atoms with Gasteiger partial charge in [-0.3, -0.25) is 9.67 Å². The van der Waals surface area contributed by atoms with Gasteiger partial charge in [-0.05, 0) is 44.4 Å². The largest absolute Gasteiger partial charge is 0.707 e. The Bertz CT molecular complexity index is 634. The van der Waals surface area contributed by atoms with E-state index in [1.807, 2.05) is 30.7 Å². The van der Waals surface area contributed by atoms with Crippen LogP contribution < -0.4 is 4.65 Å². The highest BCUT2D eigenvalue weighted by Crippen LogP contribution is 2.35. The van der Waals surface area contributed by atoms with E-state index in [-0.39, 0.29) is 0 Å². The molecule has 0 aliphatic carbocycles. The molecule has 2 N–H and O–H groups in total. The molecule has 0 fully saturated rings. The summed E-state index contributed by atoms with van der Waals surface area (Å²) >= 11 is 0. The molecule has 0 saturated heterocycles. The number of hydrogen-bond acceptors (Lipinski definition) is 5. The first-order chi connectivity index (χ1) is 9.54. The molecule has 0 unspecified atom stereocenters. The molecule has 0 amide bonds. The van der Waals surface area contributed by atoms with E-state index in [1.165, 1.54) is 0 Å². The number of aromatic nitrogens is 3. The van der Waals surface area contributed by atoms with Crippen molar-refractivity contribution in [2.75, 3.05) is 0 Å². The summed E-state index contributed by atoms with van der Waals surface area (Å²) in [6, 6.07) is 3.90. The molecular formula is C13H16BN3O3. The van der Waals surface area contributed by atoms with E-state index in [9.17, 15) is 0 Å². The third-order valence-corrected chi connectivity index (χ3v) is 3.36. The molecule has 0 radical (unpaired) electrons. The fourth-order valence-electron chi connectivity index (χ4n) is 2.66. The normalized spacial score (nSPS) is 13.4. The summed E-state index contributed by atoms with van der Waals surface area (Å²) in [6.07, 6.45) is 1.81. The van der Waals surface area contributed by atoms with Crippen molar-refractivity contribution in [3.8, 4) is 17.1 Å². The van der Waals surface area contributed by atoms with Crippen LogP contribution in [0.2, 0.25) is 0 Å². The van der Waals surface area contributed by atoms with Crippen molar-refractivity contribution >= 4 is 7.32 Å². The summed E-state index contributed by atoms with van der Waals surface area (Å²) in [4.78, 5) is 4.47. The molecule has 2 aromatic rings. The maximum Gasteiger partial charge on any atom is 0.707 e. The average molecular weight is 273 g/mol. The third-order valence-electron chi connectivity index (χ3n) is 3.36. The zero-order valence-electron chi connectivity index (χ0n) is 11.5. The standard InChI is InChI=1S/C13H16BN3O3/c1-8-6-9(2)15-10(7-8)12-13(20-14(18)19)11-4-3-5-17(11)16-12/h6-7,18-19H,3-5H2,1-2H3. The van der Waals surface area contributed by atoms with Gasteiger partial charge in [0.25, 0.3) is 0 Å². The highest BCUT2D eigenvalue weighted by Gasteiger charge is 2.27. The lowest BCUT2D eigenvalue weighted by molar-refractivity contribution is 0.287. The highest BCUT2D eigenvalue weighted by molar-refractivity contribution is 6.34. The number of rotatable bonds is 3. The van der Waals surface area contributed by atoms with E-state index < -0.39 is 7.32 Å². The SMILES string of the molecule is Cc1cc(C)nc(-c2nn3c(c2OB(O)O)CCC3)c1. The first-order valence-electron chi connectivity index (χ1n) is 6.63. The number of pyridine rings is 1. The fourth-order valence-corrected chi connectivity index (χ4v) is 2.66. The average Bonchev–Trinajstić information content (AvgIpc) is 2.90. The first kappa shape index (κ1) is 13.1. The van der Waals surface area contributed by atoms with Crippen LogP contribution in [0.3, 0.4) is 0 Å². The van der Waals surface area contributed by atoms with Gasteiger partial charge in [-0.25, -0.2) is 0 Å². The van der Waals surface area contributed by atoms with Crippen molar-refractivity contribution in [1.82, 2.24) is 14.8 Å². The summed E-state index contributed by atoms with van der Waals surface area (Å²) in [5.74, 6) is 0.426. The van der Waals surface area contributed by atoms with Crippen LogP contribution in [-0.4, -0.2) is 32.1 Å². The van der Waals surface area contributed by atoms with Crippen molar-refractivity contribution < 1.29 is 14.7 Å². The Morgan fingerprint density at radius 1 is 1.30 bits per heavy atom. The summed E-state index contributed by atoms with van der Waals surface area (Å²) in [5, 5.41) is 22.7. The second-order valence-electron chi connectivity index (χ2n) is 5.07. The third kappa shape index (κ3) is 2.30. The van der Waals surface area contributed by atoms with Crippen molar-refractivity contribution in [1.29, 1.82) is 0 Å². The summed E-state index contributed by atoms with van der Waals surface area (Å²) in [5.41, 5.74) is 4.13. The lowest BCUT2D eigenvalue weighted by Crippen LogP contribution is -2.21. The Balaban J connectivity index is 2.13. The van der Waals surface area contributed by atoms with Gasteiger partial charge in [0.2, 0.25) is 0 Å². The zero-order chi connectivity index (χ0) is 14.3. The molecule has 0 saturated carbocycles.